The van der Waals surface area contributed by atoms with E-state index in [-0.39, 0.29) is 6.61 Å². The zero-order valence-corrected chi connectivity index (χ0v) is 9.71. The van der Waals surface area contributed by atoms with Gasteiger partial charge in [-0.15, -0.1) is 0 Å². The summed E-state index contributed by atoms with van der Waals surface area (Å²) >= 11 is 0. The van der Waals surface area contributed by atoms with E-state index in [9.17, 15) is 4.79 Å². The molecule has 0 saturated carbocycles. The van der Waals surface area contributed by atoms with E-state index < -0.39 is 6.09 Å². The van der Waals surface area contributed by atoms with E-state index in [0.29, 0.717) is 5.76 Å². The summed E-state index contributed by atoms with van der Waals surface area (Å²) in [5, 5.41) is 2.49. The smallest absolute Gasteiger partial charge is 0.411 e. The first-order chi connectivity index (χ1) is 8.84. The van der Waals surface area contributed by atoms with Gasteiger partial charge in [-0.25, -0.2) is 4.79 Å². The summed E-state index contributed by atoms with van der Waals surface area (Å²) < 4.78 is 10.1. The van der Waals surface area contributed by atoms with Crippen LogP contribution >= 0.6 is 0 Å². The van der Waals surface area contributed by atoms with E-state index in [1.165, 1.54) is 6.20 Å². The molecular weight excluding hydrogens is 230 g/mol. The molecule has 1 aromatic heterocycles. The molecule has 0 aliphatic carbocycles. The van der Waals surface area contributed by atoms with Gasteiger partial charge in [-0.1, -0.05) is 30.3 Å². The van der Waals surface area contributed by atoms with Crippen molar-refractivity contribution in [2.75, 3.05) is 0 Å². The van der Waals surface area contributed by atoms with Crippen LogP contribution in [0.4, 0.5) is 4.79 Å². The predicted molar refractivity (Wildman–Crippen MR) is 67.5 cm³/mol. The maximum atomic E-state index is 11.3. The van der Waals surface area contributed by atoms with Crippen LogP contribution in [0, 0.1) is 0 Å². The summed E-state index contributed by atoms with van der Waals surface area (Å²) in [7, 11) is 0. The fourth-order valence-electron chi connectivity index (χ4n) is 1.34. The van der Waals surface area contributed by atoms with Crippen LogP contribution in [0.1, 0.15) is 11.3 Å². The Morgan fingerprint density at radius 1 is 1.22 bits per heavy atom. The van der Waals surface area contributed by atoms with Gasteiger partial charge in [0.2, 0.25) is 0 Å². The number of hydrogen-bond acceptors (Lipinski definition) is 3. The minimum absolute atomic E-state index is 0.251. The molecule has 1 aromatic carbocycles. The van der Waals surface area contributed by atoms with Crippen LogP contribution in [0.2, 0.25) is 0 Å². The van der Waals surface area contributed by atoms with Crippen molar-refractivity contribution in [1.29, 1.82) is 0 Å². The zero-order chi connectivity index (χ0) is 12.6. The molecule has 0 bridgehead atoms. The van der Waals surface area contributed by atoms with Crippen molar-refractivity contribution in [3.05, 3.63) is 66.3 Å². The maximum absolute atomic E-state index is 11.3. The maximum Gasteiger partial charge on any atom is 0.411 e. The number of hydrogen-bond donors (Lipinski definition) is 1. The summed E-state index contributed by atoms with van der Waals surface area (Å²) in [5.74, 6) is 0.665. The first kappa shape index (κ1) is 12.0. The molecule has 2 aromatic rings. The molecule has 18 heavy (non-hydrogen) atoms. The first-order valence-corrected chi connectivity index (χ1v) is 5.52. The first-order valence-electron chi connectivity index (χ1n) is 5.52. The van der Waals surface area contributed by atoms with E-state index in [1.54, 1.807) is 24.5 Å². The third-order valence-electron chi connectivity index (χ3n) is 2.20. The molecule has 4 nitrogen and oxygen atoms in total. The average Bonchev–Trinajstić information content (AvgIpc) is 2.91. The SMILES string of the molecule is O=C(NC=Cc1ccco1)OCc1ccccc1. The Kier molecular flexibility index (Phi) is 4.19. The fraction of sp³-hybridized carbons (Fsp3) is 0.0714. The van der Waals surface area contributed by atoms with E-state index >= 15 is 0 Å². The third kappa shape index (κ3) is 3.83. The van der Waals surface area contributed by atoms with Crippen LogP contribution in [0.5, 0.6) is 0 Å². The van der Waals surface area contributed by atoms with E-state index in [1.807, 2.05) is 30.3 Å². The summed E-state index contributed by atoms with van der Waals surface area (Å²) in [6, 6.07) is 13.1. The van der Waals surface area contributed by atoms with Crippen molar-refractivity contribution in [2.24, 2.45) is 0 Å². The van der Waals surface area contributed by atoms with Crippen molar-refractivity contribution in [1.82, 2.24) is 5.32 Å². The molecule has 0 aliphatic heterocycles. The summed E-state index contributed by atoms with van der Waals surface area (Å²) in [6.45, 7) is 0.251. The summed E-state index contributed by atoms with van der Waals surface area (Å²) in [6.07, 6.45) is 4.19. The molecule has 0 aliphatic rings. The van der Waals surface area contributed by atoms with Gasteiger partial charge < -0.3 is 9.15 Å². The molecule has 0 atom stereocenters. The Bertz CT molecular complexity index is 503. The quantitative estimate of drug-likeness (QED) is 0.897. The van der Waals surface area contributed by atoms with Crippen LogP contribution in [-0.4, -0.2) is 6.09 Å². The second-order valence-corrected chi connectivity index (χ2v) is 3.55. The number of carbonyl (C=O) groups is 1. The number of benzene rings is 1. The van der Waals surface area contributed by atoms with Gasteiger partial charge in [-0.2, -0.15) is 0 Å². The highest BCUT2D eigenvalue weighted by molar-refractivity contribution is 5.69. The average molecular weight is 243 g/mol. The minimum atomic E-state index is -0.498. The van der Waals surface area contributed by atoms with Crippen LogP contribution in [0.25, 0.3) is 6.08 Å². The van der Waals surface area contributed by atoms with Gasteiger partial charge in [0.05, 0.1) is 6.26 Å². The lowest BCUT2D eigenvalue weighted by Crippen LogP contribution is -2.18. The number of nitrogens with one attached hydrogen (secondary N) is 1. The minimum Gasteiger partial charge on any atom is -0.465 e. The molecule has 4 heteroatoms. The van der Waals surface area contributed by atoms with Crippen LogP contribution in [-0.2, 0) is 11.3 Å². The van der Waals surface area contributed by atoms with Crippen molar-refractivity contribution >= 4 is 12.2 Å². The molecule has 0 saturated heterocycles. The third-order valence-corrected chi connectivity index (χ3v) is 2.20. The molecule has 0 fully saturated rings. The molecular formula is C14H13NO3. The Balaban J connectivity index is 1.73. The normalized spacial score (nSPS) is 10.4. The van der Waals surface area contributed by atoms with Crippen molar-refractivity contribution in [2.45, 2.75) is 6.61 Å². The lowest BCUT2D eigenvalue weighted by Gasteiger charge is -2.03. The van der Waals surface area contributed by atoms with E-state index in [0.717, 1.165) is 5.56 Å². The molecule has 92 valence electrons. The lowest BCUT2D eigenvalue weighted by atomic mass is 10.2. The topological polar surface area (TPSA) is 51.5 Å². The fourth-order valence-corrected chi connectivity index (χ4v) is 1.34. The molecule has 0 radical (unpaired) electrons. The second kappa shape index (κ2) is 6.30. The van der Waals surface area contributed by atoms with Gasteiger partial charge in [-0.3, -0.25) is 5.32 Å². The van der Waals surface area contributed by atoms with Gasteiger partial charge in [-0.05, 0) is 23.8 Å². The van der Waals surface area contributed by atoms with Gasteiger partial charge in [0.25, 0.3) is 0 Å². The second-order valence-electron chi connectivity index (χ2n) is 3.55. The highest BCUT2D eigenvalue weighted by atomic mass is 16.5. The lowest BCUT2D eigenvalue weighted by molar-refractivity contribution is 0.143. The van der Waals surface area contributed by atoms with E-state index in [4.69, 9.17) is 9.15 Å². The Morgan fingerprint density at radius 3 is 2.78 bits per heavy atom. The standard InChI is InChI=1S/C14H13NO3/c16-14(15-9-8-13-7-4-10-17-13)18-11-12-5-2-1-3-6-12/h1-10H,11H2,(H,15,16). The van der Waals surface area contributed by atoms with Crippen LogP contribution in [0.15, 0.2) is 59.3 Å². The number of alkyl carbamates (subject to hydrolysis) is 1. The zero-order valence-electron chi connectivity index (χ0n) is 9.71. The monoisotopic (exact) mass is 243 g/mol. The summed E-state index contributed by atoms with van der Waals surface area (Å²) in [5.41, 5.74) is 0.947. The van der Waals surface area contributed by atoms with Crippen molar-refractivity contribution in [3.8, 4) is 0 Å². The Hall–Kier alpha value is -2.49. The Morgan fingerprint density at radius 2 is 2.06 bits per heavy atom. The number of furan rings is 1. The van der Waals surface area contributed by atoms with E-state index in [2.05, 4.69) is 5.32 Å². The number of carbonyl (C=O) groups excluding carboxylic acids is 1. The van der Waals surface area contributed by atoms with Crippen LogP contribution < -0.4 is 5.32 Å². The molecule has 1 N–H and O–H groups in total. The molecule has 0 spiro atoms. The van der Waals surface area contributed by atoms with Gasteiger partial charge in [0.15, 0.2) is 0 Å². The van der Waals surface area contributed by atoms with Crippen LogP contribution in [0.3, 0.4) is 0 Å². The predicted octanol–water partition coefficient (Wildman–Crippen LogP) is 3.18. The highest BCUT2D eigenvalue weighted by Crippen LogP contribution is 2.02. The van der Waals surface area contributed by atoms with Gasteiger partial charge >= 0.3 is 6.09 Å². The number of rotatable bonds is 4. The largest absolute Gasteiger partial charge is 0.465 e. The molecule has 2 rings (SSSR count). The van der Waals surface area contributed by atoms with Gasteiger partial charge in [0, 0.05) is 6.20 Å². The van der Waals surface area contributed by atoms with Gasteiger partial charge in [0.1, 0.15) is 12.4 Å². The Labute approximate surface area is 105 Å². The number of amides is 1. The molecule has 1 amide bonds. The van der Waals surface area contributed by atoms with Crippen molar-refractivity contribution < 1.29 is 13.9 Å². The van der Waals surface area contributed by atoms with Crippen molar-refractivity contribution in [3.63, 3.8) is 0 Å². The number of ether oxygens (including phenoxy) is 1. The molecule has 1 heterocycles. The highest BCUT2D eigenvalue weighted by Gasteiger charge is 1.99. The molecule has 0 unspecified atom stereocenters. The summed E-state index contributed by atoms with van der Waals surface area (Å²) in [4.78, 5) is 11.3.